The van der Waals surface area contributed by atoms with Crippen LogP contribution in [0.2, 0.25) is 0 Å². The molecular formula is C19H16N2O4. The van der Waals surface area contributed by atoms with E-state index >= 15 is 0 Å². The highest BCUT2D eigenvalue weighted by molar-refractivity contribution is 5.89. The van der Waals surface area contributed by atoms with Crippen molar-refractivity contribution in [2.75, 3.05) is 6.61 Å². The summed E-state index contributed by atoms with van der Waals surface area (Å²) in [5, 5.41) is 12.1. The third-order valence-electron chi connectivity index (χ3n) is 4.38. The van der Waals surface area contributed by atoms with Crippen molar-refractivity contribution in [2.24, 2.45) is 0 Å². The summed E-state index contributed by atoms with van der Waals surface area (Å²) in [5.41, 5.74) is 2.05. The Morgan fingerprint density at radius 2 is 1.56 bits per heavy atom. The predicted octanol–water partition coefficient (Wildman–Crippen LogP) is 1.81. The van der Waals surface area contributed by atoms with E-state index in [1.54, 1.807) is 0 Å². The summed E-state index contributed by atoms with van der Waals surface area (Å²) in [4.78, 5) is 24.6. The molecule has 0 aliphatic carbocycles. The first-order valence-electron chi connectivity index (χ1n) is 7.98. The summed E-state index contributed by atoms with van der Waals surface area (Å²) in [6.45, 7) is -0.247. The van der Waals surface area contributed by atoms with Gasteiger partial charge in [-0.05, 0) is 0 Å². The zero-order chi connectivity index (χ0) is 17.4. The van der Waals surface area contributed by atoms with Gasteiger partial charge in [-0.25, -0.2) is 4.79 Å². The number of hydrogen-bond acceptors (Lipinski definition) is 4. The molecule has 3 aromatic rings. The van der Waals surface area contributed by atoms with Crippen LogP contribution >= 0.6 is 0 Å². The number of benzene rings is 2. The number of rotatable bonds is 4. The van der Waals surface area contributed by atoms with Crippen LogP contribution in [0.15, 0.2) is 69.9 Å². The minimum absolute atomic E-state index is 0.247. The molecule has 4 rings (SSSR count). The molecule has 0 bridgehead atoms. The Hall–Kier alpha value is -3.12. The third kappa shape index (κ3) is 2.47. The summed E-state index contributed by atoms with van der Waals surface area (Å²) in [6.07, 6.45) is 0. The zero-order valence-corrected chi connectivity index (χ0v) is 13.3. The van der Waals surface area contributed by atoms with Crippen LogP contribution in [0, 0.1) is 0 Å². The van der Waals surface area contributed by atoms with Crippen molar-refractivity contribution in [1.82, 2.24) is 9.88 Å². The number of β-lactam (4-membered cyclic amide) rings is 1. The van der Waals surface area contributed by atoms with Gasteiger partial charge in [0, 0.05) is 11.1 Å². The minimum Gasteiger partial charge on any atom is -0.407 e. The number of amides is 1. The highest BCUT2D eigenvalue weighted by atomic mass is 16.4. The lowest BCUT2D eigenvalue weighted by molar-refractivity contribution is -0.135. The van der Waals surface area contributed by atoms with E-state index in [0.29, 0.717) is 11.5 Å². The van der Waals surface area contributed by atoms with Crippen LogP contribution in [0.3, 0.4) is 0 Å². The van der Waals surface area contributed by atoms with Gasteiger partial charge in [0.05, 0.1) is 18.3 Å². The van der Waals surface area contributed by atoms with Crippen LogP contribution in [-0.4, -0.2) is 28.2 Å². The number of aliphatic hydroxyl groups is 1. The summed E-state index contributed by atoms with van der Waals surface area (Å²) in [7, 11) is 0. The molecule has 1 fully saturated rings. The molecule has 1 aliphatic heterocycles. The average Bonchev–Trinajstić information content (AvgIpc) is 2.98. The van der Waals surface area contributed by atoms with E-state index < -0.39 is 17.8 Å². The molecule has 1 amide bonds. The van der Waals surface area contributed by atoms with E-state index in [1.807, 2.05) is 60.7 Å². The second-order valence-electron chi connectivity index (χ2n) is 5.89. The monoisotopic (exact) mass is 336 g/mol. The first kappa shape index (κ1) is 15.4. The minimum atomic E-state index is -0.783. The highest BCUT2D eigenvalue weighted by Crippen LogP contribution is 2.35. The smallest absolute Gasteiger partial charge is 0.407 e. The molecule has 2 aromatic carbocycles. The van der Waals surface area contributed by atoms with Crippen molar-refractivity contribution < 1.29 is 14.3 Å². The van der Waals surface area contributed by atoms with Gasteiger partial charge in [0.1, 0.15) is 6.04 Å². The van der Waals surface area contributed by atoms with E-state index in [-0.39, 0.29) is 12.5 Å². The first-order chi connectivity index (χ1) is 12.2. The average molecular weight is 336 g/mol. The molecule has 2 heterocycles. The lowest BCUT2D eigenvalue weighted by atomic mass is 9.97. The molecule has 1 aromatic heterocycles. The Labute approximate surface area is 143 Å². The number of nitrogens with one attached hydrogen (secondary N) is 1. The largest absolute Gasteiger partial charge is 0.420 e. The second kappa shape index (κ2) is 6.07. The molecule has 0 unspecified atom stereocenters. The van der Waals surface area contributed by atoms with Gasteiger partial charge in [0.25, 0.3) is 0 Å². The van der Waals surface area contributed by atoms with Gasteiger partial charge in [-0.15, -0.1) is 0 Å². The normalized spacial score (nSPS) is 19.3. The van der Waals surface area contributed by atoms with Gasteiger partial charge >= 0.3 is 5.76 Å². The molecule has 126 valence electrons. The molecule has 2 N–H and O–H groups in total. The van der Waals surface area contributed by atoms with Crippen molar-refractivity contribution in [3.05, 3.63) is 71.2 Å². The van der Waals surface area contributed by atoms with Gasteiger partial charge in [0.15, 0.2) is 5.76 Å². The maximum Gasteiger partial charge on any atom is 0.420 e. The number of aliphatic hydroxyl groups excluding tert-OH is 1. The molecule has 0 saturated carbocycles. The predicted molar refractivity (Wildman–Crippen MR) is 91.9 cm³/mol. The molecule has 6 nitrogen and oxygen atoms in total. The molecule has 1 saturated heterocycles. The SMILES string of the molecule is O=C1N[C@H](CO)[C@@H]1n1c(-c2ccccc2)c(-c2ccccc2)oc1=O. The Kier molecular flexibility index (Phi) is 3.74. The number of carbonyl (C=O) groups is 1. The molecular weight excluding hydrogens is 320 g/mol. The highest BCUT2D eigenvalue weighted by Gasteiger charge is 2.43. The van der Waals surface area contributed by atoms with Gasteiger partial charge < -0.3 is 14.8 Å². The molecule has 2 atom stereocenters. The number of nitrogens with zero attached hydrogens (tertiary/aromatic N) is 1. The maximum absolute atomic E-state index is 12.6. The fraction of sp³-hybridized carbons (Fsp3) is 0.158. The van der Waals surface area contributed by atoms with E-state index in [2.05, 4.69) is 5.32 Å². The van der Waals surface area contributed by atoms with Crippen LogP contribution in [-0.2, 0) is 4.79 Å². The summed E-state index contributed by atoms with van der Waals surface area (Å²) < 4.78 is 6.87. The van der Waals surface area contributed by atoms with Crippen LogP contribution in [0.1, 0.15) is 6.04 Å². The van der Waals surface area contributed by atoms with Crippen LogP contribution in [0.4, 0.5) is 0 Å². The van der Waals surface area contributed by atoms with E-state index in [0.717, 1.165) is 11.1 Å². The first-order valence-corrected chi connectivity index (χ1v) is 7.98. The number of carbonyl (C=O) groups excluding carboxylic acids is 1. The fourth-order valence-corrected chi connectivity index (χ4v) is 3.17. The van der Waals surface area contributed by atoms with Crippen LogP contribution in [0.5, 0.6) is 0 Å². The lowest BCUT2D eigenvalue weighted by Crippen LogP contribution is -2.61. The van der Waals surface area contributed by atoms with Crippen molar-refractivity contribution in [3.8, 4) is 22.6 Å². The van der Waals surface area contributed by atoms with Gasteiger partial charge in [-0.1, -0.05) is 60.7 Å². The van der Waals surface area contributed by atoms with Gasteiger partial charge in [-0.2, -0.15) is 0 Å². The maximum atomic E-state index is 12.6. The Bertz CT molecular complexity index is 960. The number of hydrogen-bond donors (Lipinski definition) is 2. The second-order valence-corrected chi connectivity index (χ2v) is 5.89. The molecule has 0 spiro atoms. The van der Waals surface area contributed by atoms with E-state index in [4.69, 9.17) is 4.42 Å². The summed E-state index contributed by atoms with van der Waals surface area (Å²) in [5.74, 6) is -0.511. The van der Waals surface area contributed by atoms with Gasteiger partial charge in [0.2, 0.25) is 5.91 Å². The van der Waals surface area contributed by atoms with E-state index in [9.17, 15) is 14.7 Å². The molecule has 0 radical (unpaired) electrons. The van der Waals surface area contributed by atoms with Crippen LogP contribution < -0.4 is 11.1 Å². The standard InChI is InChI=1S/C19H16N2O4/c22-11-14-16(18(23)20-14)21-15(12-7-3-1-4-8-12)17(25-19(21)24)13-9-5-2-6-10-13/h1-10,14,16,22H,11H2,(H,20,23)/t14-,16+/m1/s1. The summed E-state index contributed by atoms with van der Waals surface area (Å²) >= 11 is 0. The van der Waals surface area contributed by atoms with Crippen molar-refractivity contribution in [2.45, 2.75) is 12.1 Å². The van der Waals surface area contributed by atoms with Crippen LogP contribution in [0.25, 0.3) is 22.6 Å². The lowest BCUT2D eigenvalue weighted by Gasteiger charge is -2.36. The van der Waals surface area contributed by atoms with Crippen molar-refractivity contribution >= 4 is 5.91 Å². The van der Waals surface area contributed by atoms with Crippen molar-refractivity contribution in [1.29, 1.82) is 0 Å². The van der Waals surface area contributed by atoms with E-state index in [1.165, 1.54) is 4.57 Å². The Morgan fingerprint density at radius 3 is 2.12 bits per heavy atom. The quantitative estimate of drug-likeness (QED) is 0.712. The number of oxazole rings is 1. The Morgan fingerprint density at radius 1 is 0.960 bits per heavy atom. The molecule has 6 heteroatoms. The molecule has 1 aliphatic rings. The molecule has 25 heavy (non-hydrogen) atoms. The topological polar surface area (TPSA) is 84.5 Å². The van der Waals surface area contributed by atoms with Crippen molar-refractivity contribution in [3.63, 3.8) is 0 Å². The third-order valence-corrected chi connectivity index (χ3v) is 4.38. The Balaban J connectivity index is 1.97. The fourth-order valence-electron chi connectivity index (χ4n) is 3.17. The number of aromatic nitrogens is 1. The summed E-state index contributed by atoms with van der Waals surface area (Å²) in [6, 6.07) is 17.3. The zero-order valence-electron chi connectivity index (χ0n) is 13.3. The van der Waals surface area contributed by atoms with Gasteiger partial charge in [-0.3, -0.25) is 9.36 Å².